The van der Waals surface area contributed by atoms with Crippen LogP contribution in [0.25, 0.3) is 11.1 Å². The summed E-state index contributed by atoms with van der Waals surface area (Å²) in [6.07, 6.45) is 0.575. The third kappa shape index (κ3) is 5.55. The fourth-order valence-corrected chi connectivity index (χ4v) is 3.92. The van der Waals surface area contributed by atoms with E-state index in [0.717, 1.165) is 22.4 Å². The van der Waals surface area contributed by atoms with Gasteiger partial charge in [0.1, 0.15) is 11.3 Å². The van der Waals surface area contributed by atoms with Crippen molar-refractivity contribution in [2.24, 2.45) is 0 Å². The van der Waals surface area contributed by atoms with Gasteiger partial charge in [-0.3, -0.25) is 10.1 Å². The van der Waals surface area contributed by atoms with Crippen molar-refractivity contribution in [3.05, 3.63) is 88.3 Å². The van der Waals surface area contributed by atoms with E-state index in [9.17, 15) is 4.79 Å². The molecule has 0 aliphatic rings. The van der Waals surface area contributed by atoms with Gasteiger partial charge in [0.15, 0.2) is 16.6 Å². The van der Waals surface area contributed by atoms with Crippen LogP contribution in [0.1, 0.15) is 47.1 Å². The summed E-state index contributed by atoms with van der Waals surface area (Å²) in [5.41, 5.74) is 5.07. The first-order valence-corrected chi connectivity index (χ1v) is 11.5. The number of methoxy groups -OCH3 is 1. The van der Waals surface area contributed by atoms with Gasteiger partial charge >= 0.3 is 0 Å². The summed E-state index contributed by atoms with van der Waals surface area (Å²) in [6, 6.07) is 18.6. The minimum absolute atomic E-state index is 0.185. The van der Waals surface area contributed by atoms with E-state index in [1.165, 1.54) is 18.7 Å². The number of halogens is 1. The summed E-state index contributed by atoms with van der Waals surface area (Å²) in [5.74, 6) is 1.24. The third-order valence-electron chi connectivity index (χ3n) is 5.33. The Morgan fingerprint density at radius 3 is 2.56 bits per heavy atom. The maximum absolute atomic E-state index is 12.4. The number of anilines is 1. The van der Waals surface area contributed by atoms with Gasteiger partial charge in [-0.15, -0.1) is 0 Å². The molecular weight excluding hydrogens is 470 g/mol. The number of hydrogen-bond donors (Lipinski definition) is 2. The molecule has 0 fully saturated rings. The molecule has 34 heavy (non-hydrogen) atoms. The van der Waals surface area contributed by atoms with Crippen molar-refractivity contribution >= 4 is 51.6 Å². The van der Waals surface area contributed by atoms with E-state index >= 15 is 0 Å². The number of rotatable bonds is 6. The standard InChI is InChI=1S/C26H24ClN3O3S/c1-15(2)17-6-11-23-21(14-17)29-24(33-23)12-16-4-8-19(9-5-16)28-26(34)30-25(31)18-7-10-22(32-3)20(27)13-18/h4-11,13-15H,12H2,1-3H3,(H2,28,30,31,34). The second-order valence-electron chi connectivity index (χ2n) is 8.12. The highest BCUT2D eigenvalue weighted by atomic mass is 35.5. The molecule has 8 heteroatoms. The van der Waals surface area contributed by atoms with Gasteiger partial charge in [0.05, 0.1) is 12.1 Å². The normalized spacial score (nSPS) is 11.0. The molecule has 0 aliphatic carbocycles. The molecule has 0 saturated carbocycles. The van der Waals surface area contributed by atoms with Gasteiger partial charge in [-0.1, -0.05) is 43.6 Å². The van der Waals surface area contributed by atoms with Crippen molar-refractivity contribution < 1.29 is 13.9 Å². The second kappa shape index (κ2) is 10.2. The van der Waals surface area contributed by atoms with Gasteiger partial charge in [0.2, 0.25) is 0 Å². The van der Waals surface area contributed by atoms with E-state index in [2.05, 4.69) is 41.6 Å². The average Bonchev–Trinajstić information content (AvgIpc) is 3.21. The zero-order chi connectivity index (χ0) is 24.2. The summed E-state index contributed by atoms with van der Waals surface area (Å²) in [6.45, 7) is 4.31. The number of amides is 1. The number of nitrogens with one attached hydrogen (secondary N) is 2. The van der Waals surface area contributed by atoms with E-state index < -0.39 is 0 Å². The number of nitrogens with zero attached hydrogens (tertiary/aromatic N) is 1. The SMILES string of the molecule is COc1ccc(C(=O)NC(=S)Nc2ccc(Cc3nc4cc(C(C)C)ccc4o3)cc2)cc1Cl. The molecule has 0 atom stereocenters. The Balaban J connectivity index is 1.36. The number of oxazole rings is 1. The predicted molar refractivity (Wildman–Crippen MR) is 139 cm³/mol. The van der Waals surface area contributed by atoms with Crippen LogP contribution in [-0.2, 0) is 6.42 Å². The van der Waals surface area contributed by atoms with Crippen LogP contribution in [0.5, 0.6) is 5.75 Å². The molecule has 1 amide bonds. The summed E-state index contributed by atoms with van der Waals surface area (Å²) in [5, 5.41) is 6.20. The van der Waals surface area contributed by atoms with E-state index in [1.54, 1.807) is 12.1 Å². The van der Waals surface area contributed by atoms with E-state index in [1.807, 2.05) is 30.3 Å². The molecule has 4 aromatic rings. The second-order valence-corrected chi connectivity index (χ2v) is 8.94. The molecule has 0 aliphatic heterocycles. The van der Waals surface area contributed by atoms with Crippen LogP contribution in [0.15, 0.2) is 65.1 Å². The Morgan fingerprint density at radius 1 is 1.12 bits per heavy atom. The Labute approximate surface area is 208 Å². The highest BCUT2D eigenvalue weighted by molar-refractivity contribution is 7.80. The number of carbonyl (C=O) groups excluding carboxylic acids is 1. The first kappa shape index (κ1) is 23.7. The first-order chi connectivity index (χ1) is 16.3. The zero-order valence-electron chi connectivity index (χ0n) is 19.0. The van der Waals surface area contributed by atoms with Crippen molar-refractivity contribution in [2.45, 2.75) is 26.2 Å². The third-order valence-corrected chi connectivity index (χ3v) is 5.83. The summed E-state index contributed by atoms with van der Waals surface area (Å²) in [7, 11) is 1.51. The lowest BCUT2D eigenvalue weighted by Crippen LogP contribution is -2.34. The number of hydrogen-bond acceptors (Lipinski definition) is 5. The van der Waals surface area contributed by atoms with Crippen LogP contribution < -0.4 is 15.4 Å². The first-order valence-electron chi connectivity index (χ1n) is 10.8. The lowest BCUT2D eigenvalue weighted by Gasteiger charge is -2.11. The molecule has 4 rings (SSSR count). The Kier molecular flexibility index (Phi) is 7.14. The molecular formula is C26H24ClN3O3S. The van der Waals surface area contributed by atoms with Gasteiger partial charge in [0, 0.05) is 17.7 Å². The number of aromatic nitrogens is 1. The molecule has 174 valence electrons. The number of carbonyl (C=O) groups is 1. The van der Waals surface area contributed by atoms with Gasteiger partial charge < -0.3 is 14.5 Å². The fourth-order valence-electron chi connectivity index (χ4n) is 3.45. The Morgan fingerprint density at radius 2 is 1.88 bits per heavy atom. The molecule has 2 N–H and O–H groups in total. The number of thiocarbonyl (C=S) groups is 1. The molecule has 1 heterocycles. The quantitative estimate of drug-likeness (QED) is 0.305. The van der Waals surface area contributed by atoms with Crippen molar-refractivity contribution in [1.29, 1.82) is 0 Å². The van der Waals surface area contributed by atoms with Crippen LogP contribution >= 0.6 is 23.8 Å². The van der Waals surface area contributed by atoms with Crippen LogP contribution in [-0.4, -0.2) is 23.1 Å². The minimum atomic E-state index is -0.366. The van der Waals surface area contributed by atoms with Crippen molar-refractivity contribution in [1.82, 2.24) is 10.3 Å². The Bertz CT molecular complexity index is 1350. The van der Waals surface area contributed by atoms with Crippen LogP contribution in [0.4, 0.5) is 5.69 Å². The molecule has 0 spiro atoms. The highest BCUT2D eigenvalue weighted by Gasteiger charge is 2.12. The molecule has 6 nitrogen and oxygen atoms in total. The van der Waals surface area contributed by atoms with Gasteiger partial charge in [-0.25, -0.2) is 4.98 Å². The molecule has 1 aromatic heterocycles. The minimum Gasteiger partial charge on any atom is -0.495 e. The van der Waals surface area contributed by atoms with E-state index in [-0.39, 0.29) is 11.0 Å². The molecule has 0 bridgehead atoms. The van der Waals surface area contributed by atoms with Crippen LogP contribution in [0.3, 0.4) is 0 Å². The van der Waals surface area contributed by atoms with E-state index in [4.69, 9.17) is 33.0 Å². The fraction of sp³-hybridized carbons (Fsp3) is 0.192. The molecule has 0 saturated heterocycles. The lowest BCUT2D eigenvalue weighted by atomic mass is 10.0. The number of benzene rings is 3. The smallest absolute Gasteiger partial charge is 0.257 e. The number of fused-ring (bicyclic) bond motifs is 1. The average molecular weight is 494 g/mol. The highest BCUT2D eigenvalue weighted by Crippen LogP contribution is 2.25. The molecule has 0 unspecified atom stereocenters. The monoisotopic (exact) mass is 493 g/mol. The molecule has 0 radical (unpaired) electrons. The topological polar surface area (TPSA) is 76.4 Å². The summed E-state index contributed by atoms with van der Waals surface area (Å²) in [4.78, 5) is 17.1. The van der Waals surface area contributed by atoms with Gasteiger partial charge in [-0.05, 0) is 71.7 Å². The largest absolute Gasteiger partial charge is 0.495 e. The maximum Gasteiger partial charge on any atom is 0.257 e. The van der Waals surface area contributed by atoms with Crippen molar-refractivity contribution in [3.63, 3.8) is 0 Å². The molecule has 3 aromatic carbocycles. The predicted octanol–water partition coefficient (Wildman–Crippen LogP) is 6.33. The summed E-state index contributed by atoms with van der Waals surface area (Å²) < 4.78 is 11.0. The Hall–Kier alpha value is -3.42. The van der Waals surface area contributed by atoms with Crippen molar-refractivity contribution in [3.8, 4) is 5.75 Å². The van der Waals surface area contributed by atoms with Crippen LogP contribution in [0.2, 0.25) is 5.02 Å². The zero-order valence-corrected chi connectivity index (χ0v) is 20.6. The maximum atomic E-state index is 12.4. The van der Waals surface area contributed by atoms with Gasteiger partial charge in [0.25, 0.3) is 5.91 Å². The summed E-state index contributed by atoms with van der Waals surface area (Å²) >= 11 is 11.4. The van der Waals surface area contributed by atoms with Crippen LogP contribution in [0, 0.1) is 0 Å². The van der Waals surface area contributed by atoms with E-state index in [0.29, 0.717) is 34.6 Å². The number of ether oxygens (including phenoxy) is 1. The van der Waals surface area contributed by atoms with Crippen molar-refractivity contribution in [2.75, 3.05) is 12.4 Å². The lowest BCUT2D eigenvalue weighted by molar-refractivity contribution is 0.0977. The van der Waals surface area contributed by atoms with Gasteiger partial charge in [-0.2, -0.15) is 0 Å².